The normalized spacial score (nSPS) is 11.0. The average Bonchev–Trinajstić information content (AvgIpc) is 2.83. The highest BCUT2D eigenvalue weighted by atomic mass is 16.5. The standard InChI is InChI=1S/C25H30N4O3/c1-4-30-21-11-7-6-10-20(21)18-29-25(26-3)28-17-19-14-15-24(27-16-19)32-23-13-9-8-12-22(23)31-5-2/h6-16H,4-5,17-18H2,1-3H3,(H2,26,28,29). The zero-order valence-corrected chi connectivity index (χ0v) is 18.8. The summed E-state index contributed by atoms with van der Waals surface area (Å²) in [7, 11) is 1.74. The number of guanidine groups is 1. The van der Waals surface area contributed by atoms with E-state index in [2.05, 4.69) is 20.6 Å². The van der Waals surface area contributed by atoms with Crippen molar-refractivity contribution in [2.75, 3.05) is 20.3 Å². The Labute approximate surface area is 189 Å². The van der Waals surface area contributed by atoms with Crippen molar-refractivity contribution in [2.24, 2.45) is 4.99 Å². The summed E-state index contributed by atoms with van der Waals surface area (Å²) in [6.45, 7) is 6.32. The molecule has 0 unspecified atom stereocenters. The third-order valence-corrected chi connectivity index (χ3v) is 4.56. The van der Waals surface area contributed by atoms with Crippen LogP contribution in [-0.2, 0) is 13.1 Å². The molecular formula is C25H30N4O3. The predicted molar refractivity (Wildman–Crippen MR) is 127 cm³/mol. The van der Waals surface area contributed by atoms with Crippen LogP contribution in [0.25, 0.3) is 0 Å². The van der Waals surface area contributed by atoms with Crippen molar-refractivity contribution < 1.29 is 14.2 Å². The number of rotatable bonds is 10. The van der Waals surface area contributed by atoms with Crippen LogP contribution in [0.15, 0.2) is 71.9 Å². The summed E-state index contributed by atoms with van der Waals surface area (Å²) < 4.78 is 17.2. The Hall–Kier alpha value is -3.74. The van der Waals surface area contributed by atoms with E-state index in [4.69, 9.17) is 14.2 Å². The lowest BCUT2D eigenvalue weighted by Crippen LogP contribution is -2.36. The van der Waals surface area contributed by atoms with Crippen LogP contribution in [0.4, 0.5) is 0 Å². The fraction of sp³-hybridized carbons (Fsp3) is 0.280. The number of benzene rings is 2. The van der Waals surface area contributed by atoms with E-state index < -0.39 is 0 Å². The molecule has 0 saturated carbocycles. The van der Waals surface area contributed by atoms with Crippen molar-refractivity contribution in [1.82, 2.24) is 15.6 Å². The molecule has 0 aliphatic rings. The maximum atomic E-state index is 5.88. The minimum absolute atomic E-state index is 0.510. The van der Waals surface area contributed by atoms with Gasteiger partial charge in [0, 0.05) is 38.0 Å². The molecule has 32 heavy (non-hydrogen) atoms. The Kier molecular flexibility index (Phi) is 8.74. The van der Waals surface area contributed by atoms with Gasteiger partial charge < -0.3 is 24.8 Å². The van der Waals surface area contributed by atoms with Gasteiger partial charge >= 0.3 is 0 Å². The fourth-order valence-corrected chi connectivity index (χ4v) is 3.03. The lowest BCUT2D eigenvalue weighted by molar-refractivity contribution is 0.319. The lowest BCUT2D eigenvalue weighted by atomic mass is 10.2. The number of hydrogen-bond acceptors (Lipinski definition) is 5. The molecule has 0 fully saturated rings. The van der Waals surface area contributed by atoms with Crippen LogP contribution in [0, 0.1) is 0 Å². The summed E-state index contributed by atoms with van der Waals surface area (Å²) in [6.07, 6.45) is 1.78. The molecule has 0 atom stereocenters. The smallest absolute Gasteiger partial charge is 0.219 e. The first-order chi connectivity index (χ1) is 15.7. The van der Waals surface area contributed by atoms with Crippen LogP contribution >= 0.6 is 0 Å². The quantitative estimate of drug-likeness (QED) is 0.360. The highest BCUT2D eigenvalue weighted by Crippen LogP contribution is 2.30. The zero-order chi connectivity index (χ0) is 22.6. The van der Waals surface area contributed by atoms with E-state index in [-0.39, 0.29) is 0 Å². The molecule has 1 heterocycles. The van der Waals surface area contributed by atoms with E-state index in [1.807, 2.05) is 74.5 Å². The van der Waals surface area contributed by atoms with Gasteiger partial charge in [-0.2, -0.15) is 0 Å². The SMILES string of the molecule is CCOc1ccccc1CNC(=NC)NCc1ccc(Oc2ccccc2OCC)nc1. The third-order valence-electron chi connectivity index (χ3n) is 4.56. The second kappa shape index (κ2) is 12.2. The van der Waals surface area contributed by atoms with Gasteiger partial charge in [-0.3, -0.25) is 4.99 Å². The van der Waals surface area contributed by atoms with Gasteiger partial charge in [0.05, 0.1) is 13.2 Å². The largest absolute Gasteiger partial charge is 0.494 e. The molecule has 0 aliphatic carbocycles. The van der Waals surface area contributed by atoms with Crippen LogP contribution in [-0.4, -0.2) is 31.2 Å². The number of nitrogens with zero attached hydrogens (tertiary/aromatic N) is 2. The lowest BCUT2D eigenvalue weighted by Gasteiger charge is -2.14. The van der Waals surface area contributed by atoms with Gasteiger partial charge in [0.25, 0.3) is 0 Å². The van der Waals surface area contributed by atoms with Crippen LogP contribution < -0.4 is 24.8 Å². The first kappa shape index (κ1) is 22.9. The molecule has 2 N–H and O–H groups in total. The average molecular weight is 435 g/mol. The molecule has 7 nitrogen and oxygen atoms in total. The first-order valence-electron chi connectivity index (χ1n) is 10.7. The van der Waals surface area contributed by atoms with E-state index in [1.165, 1.54) is 0 Å². The number of hydrogen-bond donors (Lipinski definition) is 2. The van der Waals surface area contributed by atoms with E-state index in [1.54, 1.807) is 13.2 Å². The molecule has 1 aromatic heterocycles. The number of aliphatic imine (C=N–C) groups is 1. The molecule has 0 saturated heterocycles. The Balaban J connectivity index is 1.53. The van der Waals surface area contributed by atoms with E-state index >= 15 is 0 Å². The summed E-state index contributed by atoms with van der Waals surface area (Å²) >= 11 is 0. The molecule has 2 aromatic carbocycles. The van der Waals surface area contributed by atoms with Gasteiger partial charge in [0.2, 0.25) is 5.88 Å². The monoisotopic (exact) mass is 434 g/mol. The third kappa shape index (κ3) is 6.63. The maximum Gasteiger partial charge on any atom is 0.219 e. The molecule has 3 aromatic rings. The van der Waals surface area contributed by atoms with E-state index in [0.29, 0.717) is 49.6 Å². The van der Waals surface area contributed by atoms with Crippen molar-refractivity contribution in [2.45, 2.75) is 26.9 Å². The topological polar surface area (TPSA) is 77.0 Å². The van der Waals surface area contributed by atoms with Crippen LogP contribution in [0.5, 0.6) is 23.1 Å². The molecule has 0 radical (unpaired) electrons. The minimum atomic E-state index is 0.510. The Morgan fingerprint density at radius 2 is 1.47 bits per heavy atom. The van der Waals surface area contributed by atoms with Crippen molar-refractivity contribution in [1.29, 1.82) is 0 Å². The molecular weight excluding hydrogens is 404 g/mol. The van der Waals surface area contributed by atoms with E-state index in [0.717, 1.165) is 16.9 Å². The fourth-order valence-electron chi connectivity index (χ4n) is 3.03. The van der Waals surface area contributed by atoms with Crippen molar-refractivity contribution in [3.63, 3.8) is 0 Å². The highest BCUT2D eigenvalue weighted by Gasteiger charge is 2.07. The highest BCUT2D eigenvalue weighted by molar-refractivity contribution is 5.79. The van der Waals surface area contributed by atoms with Gasteiger partial charge in [-0.05, 0) is 37.6 Å². The van der Waals surface area contributed by atoms with Crippen molar-refractivity contribution in [3.05, 3.63) is 78.0 Å². The summed E-state index contributed by atoms with van der Waals surface area (Å²) in [5.74, 6) is 3.43. The van der Waals surface area contributed by atoms with Gasteiger partial charge in [-0.15, -0.1) is 0 Å². The number of ether oxygens (including phenoxy) is 3. The molecule has 0 aliphatic heterocycles. The molecule has 0 bridgehead atoms. The first-order valence-corrected chi connectivity index (χ1v) is 10.7. The summed E-state index contributed by atoms with van der Waals surface area (Å²) in [5.41, 5.74) is 2.08. The van der Waals surface area contributed by atoms with Crippen LogP contribution in [0.2, 0.25) is 0 Å². The number of para-hydroxylation sites is 3. The Bertz CT molecular complexity index is 1010. The second-order valence-electron chi connectivity index (χ2n) is 6.81. The van der Waals surface area contributed by atoms with Gasteiger partial charge in [-0.1, -0.05) is 36.4 Å². The minimum Gasteiger partial charge on any atom is -0.494 e. The number of pyridine rings is 1. The van der Waals surface area contributed by atoms with Gasteiger partial charge in [0.15, 0.2) is 17.5 Å². The Morgan fingerprint density at radius 3 is 2.16 bits per heavy atom. The molecule has 3 rings (SSSR count). The van der Waals surface area contributed by atoms with Crippen molar-refractivity contribution >= 4 is 5.96 Å². The van der Waals surface area contributed by atoms with Gasteiger partial charge in [-0.25, -0.2) is 4.98 Å². The molecule has 7 heteroatoms. The summed E-state index contributed by atoms with van der Waals surface area (Å²) in [6, 6.07) is 19.3. The summed E-state index contributed by atoms with van der Waals surface area (Å²) in [4.78, 5) is 8.70. The Morgan fingerprint density at radius 1 is 0.812 bits per heavy atom. The van der Waals surface area contributed by atoms with Crippen molar-refractivity contribution in [3.8, 4) is 23.1 Å². The second-order valence-corrected chi connectivity index (χ2v) is 6.81. The zero-order valence-electron chi connectivity index (χ0n) is 18.8. The van der Waals surface area contributed by atoms with E-state index in [9.17, 15) is 0 Å². The van der Waals surface area contributed by atoms with Crippen LogP contribution in [0.1, 0.15) is 25.0 Å². The maximum absolute atomic E-state index is 5.88. The summed E-state index contributed by atoms with van der Waals surface area (Å²) in [5, 5.41) is 6.62. The molecule has 0 spiro atoms. The number of aromatic nitrogens is 1. The molecule has 0 amide bonds. The van der Waals surface area contributed by atoms with Crippen LogP contribution in [0.3, 0.4) is 0 Å². The molecule has 168 valence electrons. The predicted octanol–water partition coefficient (Wildman–Crippen LogP) is 4.54. The number of nitrogens with one attached hydrogen (secondary N) is 2. The van der Waals surface area contributed by atoms with Gasteiger partial charge in [0.1, 0.15) is 5.75 Å².